The summed E-state index contributed by atoms with van der Waals surface area (Å²) in [6, 6.07) is 12.9. The zero-order valence-electron chi connectivity index (χ0n) is 10.5. The van der Waals surface area contributed by atoms with Crippen molar-refractivity contribution in [2.45, 2.75) is 6.92 Å². The topological polar surface area (TPSA) is 52.3 Å². The number of fused-ring (bicyclic) bond motifs is 1. The second-order valence-electron chi connectivity index (χ2n) is 4.61. The minimum Gasteiger partial charge on any atom is -0.452 e. The Kier molecular flexibility index (Phi) is 2.60. The van der Waals surface area contributed by atoms with Crippen molar-refractivity contribution in [1.82, 2.24) is 0 Å². The van der Waals surface area contributed by atoms with Gasteiger partial charge in [0, 0.05) is 5.69 Å². The first-order chi connectivity index (χ1) is 9.13. The van der Waals surface area contributed by atoms with Crippen LogP contribution in [0.3, 0.4) is 0 Å². The van der Waals surface area contributed by atoms with E-state index in [-0.39, 0.29) is 5.78 Å². The highest BCUT2D eigenvalue weighted by Gasteiger charge is 2.26. The zero-order chi connectivity index (χ0) is 13.4. The molecule has 0 spiro atoms. The Labute approximate surface area is 111 Å². The highest BCUT2D eigenvalue weighted by molar-refractivity contribution is 6.14. The number of nitrogen functional groups attached to an aromatic ring is 1. The Morgan fingerprint density at radius 1 is 1.11 bits per heavy atom. The first-order valence-corrected chi connectivity index (χ1v) is 6.04. The standard InChI is InChI=1S/C16H13NO2/c1-10-2-7-14-13(8-10)16(18)15(19-14)9-11-3-5-12(17)6-4-11/h2-9H,17H2,1H3. The molecule has 0 amide bonds. The minimum absolute atomic E-state index is 0.0736. The van der Waals surface area contributed by atoms with Crippen molar-refractivity contribution in [3.8, 4) is 5.75 Å². The van der Waals surface area contributed by atoms with Gasteiger partial charge in [-0.2, -0.15) is 0 Å². The van der Waals surface area contributed by atoms with Crippen LogP contribution < -0.4 is 10.5 Å². The van der Waals surface area contributed by atoms with E-state index in [0.29, 0.717) is 22.8 Å². The summed E-state index contributed by atoms with van der Waals surface area (Å²) in [5.41, 5.74) is 8.89. The predicted molar refractivity (Wildman–Crippen MR) is 75.0 cm³/mol. The molecule has 3 nitrogen and oxygen atoms in total. The molecule has 0 atom stereocenters. The fraction of sp³-hybridized carbons (Fsp3) is 0.0625. The first kappa shape index (κ1) is 11.5. The maximum Gasteiger partial charge on any atom is 0.231 e. The molecule has 0 saturated heterocycles. The molecule has 1 aliphatic heterocycles. The number of hydrogen-bond acceptors (Lipinski definition) is 3. The molecule has 1 heterocycles. The lowest BCUT2D eigenvalue weighted by molar-refractivity contribution is 0.101. The highest BCUT2D eigenvalue weighted by atomic mass is 16.5. The number of allylic oxidation sites excluding steroid dienone is 1. The second kappa shape index (κ2) is 4.28. The molecule has 3 heteroatoms. The number of aryl methyl sites for hydroxylation is 1. The monoisotopic (exact) mass is 251 g/mol. The third-order valence-corrected chi connectivity index (χ3v) is 3.06. The van der Waals surface area contributed by atoms with Crippen LogP contribution in [0.5, 0.6) is 5.75 Å². The lowest BCUT2D eigenvalue weighted by atomic mass is 10.1. The third kappa shape index (κ3) is 2.10. The molecular formula is C16H13NO2. The Morgan fingerprint density at radius 3 is 2.58 bits per heavy atom. The molecule has 3 rings (SSSR count). The molecule has 2 aromatic rings. The SMILES string of the molecule is Cc1ccc2c(c1)C(=O)C(=Cc1ccc(N)cc1)O2. The average molecular weight is 251 g/mol. The van der Waals surface area contributed by atoms with Gasteiger partial charge in [0.15, 0.2) is 5.76 Å². The van der Waals surface area contributed by atoms with Gasteiger partial charge in [0.25, 0.3) is 0 Å². The molecule has 2 N–H and O–H groups in total. The van der Waals surface area contributed by atoms with E-state index in [1.807, 2.05) is 37.3 Å². The van der Waals surface area contributed by atoms with Gasteiger partial charge in [0.2, 0.25) is 5.78 Å². The fourth-order valence-corrected chi connectivity index (χ4v) is 2.05. The Bertz CT molecular complexity index is 684. The number of benzene rings is 2. The fourth-order valence-electron chi connectivity index (χ4n) is 2.05. The molecule has 0 aromatic heterocycles. The number of carbonyl (C=O) groups excluding carboxylic acids is 1. The lowest BCUT2D eigenvalue weighted by Crippen LogP contribution is -1.98. The number of ketones is 1. The summed E-state index contributed by atoms with van der Waals surface area (Å²) in [4.78, 5) is 12.2. The van der Waals surface area contributed by atoms with Crippen molar-refractivity contribution >= 4 is 17.5 Å². The summed E-state index contributed by atoms with van der Waals surface area (Å²) in [5, 5.41) is 0. The molecule has 0 fully saturated rings. The van der Waals surface area contributed by atoms with Crippen LogP contribution in [0.15, 0.2) is 48.2 Å². The van der Waals surface area contributed by atoms with Crippen molar-refractivity contribution in [2.24, 2.45) is 0 Å². The van der Waals surface area contributed by atoms with Gasteiger partial charge < -0.3 is 10.5 Å². The van der Waals surface area contributed by atoms with Gasteiger partial charge in [-0.25, -0.2) is 0 Å². The van der Waals surface area contributed by atoms with E-state index in [1.165, 1.54) is 0 Å². The van der Waals surface area contributed by atoms with Gasteiger partial charge in [0.1, 0.15) is 5.75 Å². The maximum absolute atomic E-state index is 12.2. The van der Waals surface area contributed by atoms with Gasteiger partial charge in [-0.05, 0) is 42.8 Å². The maximum atomic E-state index is 12.2. The number of hydrogen-bond donors (Lipinski definition) is 1. The van der Waals surface area contributed by atoms with Gasteiger partial charge in [0.05, 0.1) is 5.56 Å². The van der Waals surface area contributed by atoms with Crippen LogP contribution in [-0.2, 0) is 0 Å². The van der Waals surface area contributed by atoms with Crippen LogP contribution in [0.1, 0.15) is 21.5 Å². The summed E-state index contributed by atoms with van der Waals surface area (Å²) >= 11 is 0. The van der Waals surface area contributed by atoms with Crippen molar-refractivity contribution in [3.05, 3.63) is 64.9 Å². The van der Waals surface area contributed by atoms with Crippen molar-refractivity contribution in [3.63, 3.8) is 0 Å². The van der Waals surface area contributed by atoms with E-state index in [0.717, 1.165) is 11.1 Å². The van der Waals surface area contributed by atoms with Gasteiger partial charge in [-0.1, -0.05) is 23.8 Å². The van der Waals surface area contributed by atoms with E-state index >= 15 is 0 Å². The normalized spacial score (nSPS) is 15.4. The van der Waals surface area contributed by atoms with E-state index in [2.05, 4.69) is 0 Å². The predicted octanol–water partition coefficient (Wildman–Crippen LogP) is 3.19. The smallest absolute Gasteiger partial charge is 0.231 e. The largest absolute Gasteiger partial charge is 0.452 e. The number of rotatable bonds is 1. The molecule has 0 unspecified atom stereocenters. The zero-order valence-corrected chi connectivity index (χ0v) is 10.5. The number of nitrogens with two attached hydrogens (primary N) is 1. The van der Waals surface area contributed by atoms with E-state index < -0.39 is 0 Å². The Hall–Kier alpha value is -2.55. The lowest BCUT2D eigenvalue weighted by Gasteiger charge is -1.99. The average Bonchev–Trinajstić information content (AvgIpc) is 2.70. The van der Waals surface area contributed by atoms with Gasteiger partial charge in [-0.3, -0.25) is 4.79 Å². The molecule has 19 heavy (non-hydrogen) atoms. The van der Waals surface area contributed by atoms with E-state index in [4.69, 9.17) is 10.5 Å². The van der Waals surface area contributed by atoms with Crippen molar-refractivity contribution < 1.29 is 9.53 Å². The number of Topliss-reactive ketones (excluding diaryl/α,β-unsaturated/α-hetero) is 1. The second-order valence-corrected chi connectivity index (χ2v) is 4.61. The van der Waals surface area contributed by atoms with E-state index in [9.17, 15) is 4.79 Å². The van der Waals surface area contributed by atoms with Crippen LogP contribution in [0.25, 0.3) is 6.08 Å². The molecule has 0 aliphatic carbocycles. The van der Waals surface area contributed by atoms with Crippen LogP contribution in [0.4, 0.5) is 5.69 Å². The summed E-state index contributed by atoms with van der Waals surface area (Å²) in [7, 11) is 0. The number of anilines is 1. The molecule has 94 valence electrons. The molecule has 0 radical (unpaired) electrons. The quantitative estimate of drug-likeness (QED) is 0.625. The third-order valence-electron chi connectivity index (χ3n) is 3.06. The van der Waals surface area contributed by atoms with E-state index in [1.54, 1.807) is 18.2 Å². The molecule has 2 aromatic carbocycles. The summed E-state index contributed by atoms with van der Waals surface area (Å²) in [6.07, 6.45) is 1.73. The highest BCUT2D eigenvalue weighted by Crippen LogP contribution is 2.32. The van der Waals surface area contributed by atoms with Crippen LogP contribution >= 0.6 is 0 Å². The Balaban J connectivity index is 1.97. The molecule has 1 aliphatic rings. The summed E-state index contributed by atoms with van der Waals surface area (Å²) < 4.78 is 5.59. The van der Waals surface area contributed by atoms with Gasteiger partial charge in [-0.15, -0.1) is 0 Å². The number of carbonyl (C=O) groups is 1. The molecule has 0 bridgehead atoms. The molecular weight excluding hydrogens is 238 g/mol. The molecule has 0 saturated carbocycles. The number of ether oxygens (including phenoxy) is 1. The minimum atomic E-state index is -0.0736. The van der Waals surface area contributed by atoms with Crippen LogP contribution in [0.2, 0.25) is 0 Å². The van der Waals surface area contributed by atoms with Crippen LogP contribution in [-0.4, -0.2) is 5.78 Å². The summed E-state index contributed by atoms with van der Waals surface area (Å²) in [6.45, 7) is 1.95. The first-order valence-electron chi connectivity index (χ1n) is 6.04. The van der Waals surface area contributed by atoms with Crippen molar-refractivity contribution in [1.29, 1.82) is 0 Å². The summed E-state index contributed by atoms with van der Waals surface area (Å²) in [5.74, 6) is 0.901. The van der Waals surface area contributed by atoms with Crippen LogP contribution in [0, 0.1) is 6.92 Å². The van der Waals surface area contributed by atoms with Gasteiger partial charge >= 0.3 is 0 Å². The Morgan fingerprint density at radius 2 is 1.84 bits per heavy atom. The van der Waals surface area contributed by atoms with Crippen molar-refractivity contribution in [2.75, 3.05) is 5.73 Å².